The van der Waals surface area contributed by atoms with Gasteiger partial charge in [0.25, 0.3) is 0 Å². The number of rotatable bonds is 21. The maximum Gasteiger partial charge on any atom is -0.0147 e. The highest BCUT2D eigenvalue weighted by atomic mass is 16.5. The standard InChI is InChI=1S/C23H48NO/c1-3-4-5-6-7-8-9-10-11-12-13-14-15-16-17-18-19-20-21-22-23-24(2)25/h3-23H2,1-2H3/q-1. The Morgan fingerprint density at radius 1 is 0.440 bits per heavy atom. The van der Waals surface area contributed by atoms with Gasteiger partial charge in [0.2, 0.25) is 0 Å². The van der Waals surface area contributed by atoms with Crippen LogP contribution in [0.5, 0.6) is 0 Å². The van der Waals surface area contributed by atoms with E-state index >= 15 is 0 Å². The van der Waals surface area contributed by atoms with Gasteiger partial charge in [-0.25, -0.2) is 0 Å². The zero-order chi connectivity index (χ0) is 18.4. The van der Waals surface area contributed by atoms with E-state index in [0.29, 0.717) is 6.54 Å². The maximum absolute atomic E-state index is 10.8. The molecule has 0 unspecified atom stereocenters. The van der Waals surface area contributed by atoms with E-state index in [-0.39, 0.29) is 0 Å². The average molecular weight is 355 g/mol. The van der Waals surface area contributed by atoms with Crippen molar-refractivity contribution in [2.45, 2.75) is 135 Å². The van der Waals surface area contributed by atoms with Crippen molar-refractivity contribution in [3.05, 3.63) is 5.21 Å². The molecule has 0 fully saturated rings. The van der Waals surface area contributed by atoms with E-state index in [2.05, 4.69) is 6.92 Å². The minimum Gasteiger partial charge on any atom is -0.785 e. The van der Waals surface area contributed by atoms with E-state index in [9.17, 15) is 5.21 Å². The predicted octanol–water partition coefficient (Wildman–Crippen LogP) is 8.24. The fourth-order valence-electron chi connectivity index (χ4n) is 3.59. The third kappa shape index (κ3) is 23.9. The largest absolute Gasteiger partial charge is 0.785 e. The monoisotopic (exact) mass is 354 g/mol. The van der Waals surface area contributed by atoms with E-state index in [1.807, 2.05) is 0 Å². The Kier molecular flexibility index (Phi) is 21.9. The van der Waals surface area contributed by atoms with Crippen molar-refractivity contribution in [1.82, 2.24) is 5.06 Å². The van der Waals surface area contributed by atoms with Crippen molar-refractivity contribution in [3.8, 4) is 0 Å². The first-order valence-electron chi connectivity index (χ1n) is 11.7. The Morgan fingerprint density at radius 2 is 0.680 bits per heavy atom. The summed E-state index contributed by atoms with van der Waals surface area (Å²) in [5.74, 6) is 0. The molecule has 0 aromatic heterocycles. The summed E-state index contributed by atoms with van der Waals surface area (Å²) >= 11 is 0. The number of nitrogens with zero attached hydrogens (tertiary/aromatic N) is 1. The molecule has 0 radical (unpaired) electrons. The Bertz CT molecular complexity index is 230. The number of hydrogen-bond donors (Lipinski definition) is 0. The molecule has 2 nitrogen and oxygen atoms in total. The van der Waals surface area contributed by atoms with Crippen LogP contribution in [0.1, 0.15) is 135 Å². The highest BCUT2D eigenvalue weighted by molar-refractivity contribution is 4.52. The van der Waals surface area contributed by atoms with Crippen molar-refractivity contribution >= 4 is 0 Å². The molecule has 0 aliphatic rings. The lowest BCUT2D eigenvalue weighted by atomic mass is 10.0. The van der Waals surface area contributed by atoms with Gasteiger partial charge in [-0.15, -0.1) is 0 Å². The molecule has 0 saturated carbocycles. The molecule has 0 spiro atoms. The summed E-state index contributed by atoms with van der Waals surface area (Å²) in [5, 5.41) is 11.8. The third-order valence-corrected chi connectivity index (χ3v) is 5.33. The lowest BCUT2D eigenvalue weighted by Crippen LogP contribution is -2.10. The molecular weight excluding hydrogens is 306 g/mol. The van der Waals surface area contributed by atoms with Crippen molar-refractivity contribution in [2.75, 3.05) is 13.6 Å². The Morgan fingerprint density at radius 3 is 0.920 bits per heavy atom. The van der Waals surface area contributed by atoms with Crippen LogP contribution in [0.3, 0.4) is 0 Å². The van der Waals surface area contributed by atoms with Gasteiger partial charge in [-0.2, -0.15) is 0 Å². The molecule has 0 heterocycles. The zero-order valence-electron chi connectivity index (χ0n) is 17.7. The fraction of sp³-hybridized carbons (Fsp3) is 1.00. The second kappa shape index (κ2) is 22.0. The zero-order valence-corrected chi connectivity index (χ0v) is 17.7. The van der Waals surface area contributed by atoms with Crippen LogP contribution < -0.4 is 0 Å². The normalized spacial score (nSPS) is 11.5. The topological polar surface area (TPSA) is 26.3 Å². The molecule has 0 bridgehead atoms. The van der Waals surface area contributed by atoms with Crippen molar-refractivity contribution in [3.63, 3.8) is 0 Å². The third-order valence-electron chi connectivity index (χ3n) is 5.33. The van der Waals surface area contributed by atoms with Crippen LogP contribution in [0.4, 0.5) is 0 Å². The van der Waals surface area contributed by atoms with Gasteiger partial charge in [0.1, 0.15) is 0 Å². The highest BCUT2D eigenvalue weighted by Crippen LogP contribution is 2.14. The molecule has 0 aliphatic carbocycles. The van der Waals surface area contributed by atoms with Crippen LogP contribution in [0.25, 0.3) is 0 Å². The molecular formula is C23H48NO-. The summed E-state index contributed by atoms with van der Waals surface area (Å²) in [4.78, 5) is 0. The second-order valence-corrected chi connectivity index (χ2v) is 8.07. The van der Waals surface area contributed by atoms with Gasteiger partial charge in [-0.05, 0) is 20.0 Å². The van der Waals surface area contributed by atoms with Crippen LogP contribution in [0.2, 0.25) is 0 Å². The van der Waals surface area contributed by atoms with Crippen LogP contribution >= 0.6 is 0 Å². The molecule has 2 heteroatoms. The SMILES string of the molecule is CCCCCCCCCCCCCCCCCCCCCCN(C)[O-]. The van der Waals surface area contributed by atoms with Crippen LogP contribution in [-0.4, -0.2) is 18.7 Å². The Balaban J connectivity index is 2.96. The minimum absolute atomic E-state index is 0.707. The molecule has 0 aromatic carbocycles. The minimum atomic E-state index is 0.707. The van der Waals surface area contributed by atoms with Gasteiger partial charge in [0.15, 0.2) is 0 Å². The van der Waals surface area contributed by atoms with Gasteiger partial charge in [-0.3, -0.25) is 0 Å². The first-order chi connectivity index (χ1) is 12.3. The van der Waals surface area contributed by atoms with Crippen LogP contribution in [-0.2, 0) is 0 Å². The number of hydroxylamine groups is 2. The Labute approximate surface area is 159 Å². The van der Waals surface area contributed by atoms with Crippen LogP contribution in [0, 0.1) is 5.21 Å². The van der Waals surface area contributed by atoms with Crippen molar-refractivity contribution < 1.29 is 0 Å². The maximum atomic E-state index is 10.8. The Hall–Kier alpha value is -0.0800. The van der Waals surface area contributed by atoms with Gasteiger partial charge in [0.05, 0.1) is 0 Å². The van der Waals surface area contributed by atoms with Gasteiger partial charge in [0, 0.05) is 0 Å². The highest BCUT2D eigenvalue weighted by Gasteiger charge is 1.95. The lowest BCUT2D eigenvalue weighted by molar-refractivity contribution is 0.429. The first-order valence-corrected chi connectivity index (χ1v) is 11.7. The van der Waals surface area contributed by atoms with Gasteiger partial charge >= 0.3 is 0 Å². The summed E-state index contributed by atoms with van der Waals surface area (Å²) in [7, 11) is 1.62. The predicted molar refractivity (Wildman–Crippen MR) is 114 cm³/mol. The van der Waals surface area contributed by atoms with Gasteiger partial charge < -0.3 is 10.3 Å². The molecule has 0 atom stereocenters. The summed E-state index contributed by atoms with van der Waals surface area (Å²) in [6.07, 6.45) is 28.1. The summed E-state index contributed by atoms with van der Waals surface area (Å²) in [6.45, 7) is 3.00. The van der Waals surface area contributed by atoms with Crippen molar-refractivity contribution in [2.24, 2.45) is 0 Å². The van der Waals surface area contributed by atoms with Crippen LogP contribution in [0.15, 0.2) is 0 Å². The van der Waals surface area contributed by atoms with E-state index < -0.39 is 0 Å². The van der Waals surface area contributed by atoms with Crippen molar-refractivity contribution in [1.29, 1.82) is 0 Å². The number of unbranched alkanes of at least 4 members (excludes halogenated alkanes) is 19. The quantitative estimate of drug-likeness (QED) is 0.153. The molecule has 25 heavy (non-hydrogen) atoms. The summed E-state index contributed by atoms with van der Waals surface area (Å²) < 4.78 is 0. The fourth-order valence-corrected chi connectivity index (χ4v) is 3.59. The molecule has 0 aromatic rings. The average Bonchev–Trinajstić information content (AvgIpc) is 2.60. The molecule has 152 valence electrons. The lowest BCUT2D eigenvalue weighted by Gasteiger charge is -2.21. The summed E-state index contributed by atoms with van der Waals surface area (Å²) in [5.41, 5.74) is 0. The van der Waals surface area contributed by atoms with E-state index in [4.69, 9.17) is 0 Å². The molecule has 0 saturated heterocycles. The van der Waals surface area contributed by atoms with Gasteiger partial charge in [-0.1, -0.05) is 129 Å². The number of hydrogen-bond acceptors (Lipinski definition) is 2. The van der Waals surface area contributed by atoms with E-state index in [0.717, 1.165) is 11.5 Å². The molecule has 0 amide bonds. The second-order valence-electron chi connectivity index (χ2n) is 8.07. The molecule has 0 rings (SSSR count). The van der Waals surface area contributed by atoms with E-state index in [1.165, 1.54) is 122 Å². The smallest absolute Gasteiger partial charge is 0.0147 e. The summed E-state index contributed by atoms with van der Waals surface area (Å²) in [6, 6.07) is 0. The molecule has 0 aliphatic heterocycles. The first kappa shape index (κ1) is 24.9. The van der Waals surface area contributed by atoms with E-state index in [1.54, 1.807) is 7.05 Å². The molecule has 0 N–H and O–H groups in total.